The molecule has 15 heteroatoms. The fourth-order valence-corrected chi connectivity index (χ4v) is 10.8. The van der Waals surface area contributed by atoms with Crippen LogP contribution in [0.2, 0.25) is 0 Å². The first-order chi connectivity index (χ1) is 30.1. The van der Waals surface area contributed by atoms with E-state index in [4.69, 9.17) is 24.2 Å². The molecule has 0 spiro atoms. The van der Waals surface area contributed by atoms with Crippen molar-refractivity contribution >= 4 is 40.0 Å². The Bertz CT molecular complexity index is 2350. The number of pyridine rings is 1. The van der Waals surface area contributed by atoms with E-state index in [2.05, 4.69) is 59.2 Å². The van der Waals surface area contributed by atoms with Crippen molar-refractivity contribution in [3.8, 4) is 22.5 Å². The van der Waals surface area contributed by atoms with Gasteiger partial charge >= 0.3 is 5.97 Å². The van der Waals surface area contributed by atoms with Gasteiger partial charge < -0.3 is 29.0 Å². The van der Waals surface area contributed by atoms with E-state index in [0.29, 0.717) is 74.5 Å². The second-order valence-electron chi connectivity index (χ2n) is 19.0. The highest BCUT2D eigenvalue weighted by molar-refractivity contribution is 7.10. The minimum atomic E-state index is -1.53. The molecule has 3 aliphatic heterocycles. The van der Waals surface area contributed by atoms with E-state index in [0.717, 1.165) is 39.0 Å². The van der Waals surface area contributed by atoms with Crippen LogP contribution in [0.5, 0.6) is 0 Å². The van der Waals surface area contributed by atoms with Gasteiger partial charge in [-0.05, 0) is 95.5 Å². The number of amides is 2. The van der Waals surface area contributed by atoms with E-state index in [9.17, 15) is 14.4 Å². The monoisotopic (exact) mass is 885 g/mol. The number of carbonyl (C=O) groups is 3. The van der Waals surface area contributed by atoms with Gasteiger partial charge in [-0.3, -0.25) is 24.4 Å². The number of halogens is 1. The minimum Gasteiger partial charge on any atom is -0.464 e. The number of aromatic nitrogens is 3. The van der Waals surface area contributed by atoms with E-state index >= 15 is 4.39 Å². The van der Waals surface area contributed by atoms with Gasteiger partial charge in [0.15, 0.2) is 0 Å². The second-order valence-corrected chi connectivity index (χ2v) is 19.9. The number of hydrogen-bond donors (Lipinski definition) is 2. The maximum Gasteiger partial charge on any atom is 0.324 e. The molecule has 0 radical (unpaired) electrons. The molecule has 7 atom stereocenters. The highest BCUT2D eigenvalue weighted by Gasteiger charge is 2.50. The molecular weight excluding hydrogens is 822 g/mol. The lowest BCUT2D eigenvalue weighted by Crippen LogP contribution is -2.61. The largest absolute Gasteiger partial charge is 0.464 e. The summed E-state index contributed by atoms with van der Waals surface area (Å²) in [7, 11) is 3.69. The van der Waals surface area contributed by atoms with Gasteiger partial charge in [0.05, 0.1) is 29.8 Å². The number of esters is 1. The fraction of sp³-hybridized carbons (Fsp3) is 0.604. The Morgan fingerprint density at radius 3 is 2.56 bits per heavy atom. The molecule has 3 aromatic heterocycles. The first-order valence-electron chi connectivity index (χ1n) is 22.8. The Morgan fingerprint density at radius 1 is 1.13 bits per heavy atom. The zero-order chi connectivity index (χ0) is 45.0. The summed E-state index contributed by atoms with van der Waals surface area (Å²) in [6.45, 7) is 16.9. The molecule has 8 rings (SSSR count). The molecule has 1 aliphatic carbocycles. The van der Waals surface area contributed by atoms with Gasteiger partial charge in [-0.2, -0.15) is 0 Å². The van der Waals surface area contributed by atoms with Crippen LogP contribution in [-0.2, 0) is 47.2 Å². The molecule has 63 heavy (non-hydrogen) atoms. The summed E-state index contributed by atoms with van der Waals surface area (Å²) in [6, 6.07) is 6.46. The standard InChI is InChI=1S/C48H64FN7O6S/c1-10-55-37-15-14-30-21-32(37)34(41(55)33-22-31(24-50-39(33)29(5)60-9)48(49)16-19-54(8)20-17-48)23-47(6,7)26-62-46(59)35-13-12-18-56(53-35)45(58)40(52-43(57)38-27(3)28(38)4)42(61-11-2)44-51-36(30)25-63-44/h14-15,21-22,24-25,27-29,35,38,40,42,53H,10-13,16-20,23,26H2,1-9H3,(H,52,57)/t27-,28+,29-,35-,38+,40-,42-/m0/s1. The van der Waals surface area contributed by atoms with E-state index < -0.39 is 41.1 Å². The van der Waals surface area contributed by atoms with Gasteiger partial charge in [0.25, 0.3) is 5.91 Å². The third-order valence-electron chi connectivity index (χ3n) is 14.1. The molecule has 13 nitrogen and oxygen atoms in total. The van der Waals surface area contributed by atoms with E-state index in [1.807, 2.05) is 46.2 Å². The Hall–Kier alpha value is -4.28. The van der Waals surface area contributed by atoms with Gasteiger partial charge in [-0.15, -0.1) is 11.3 Å². The number of hydrogen-bond acceptors (Lipinski definition) is 11. The number of nitrogens with zero attached hydrogens (tertiary/aromatic N) is 5. The van der Waals surface area contributed by atoms with Gasteiger partial charge in [0.2, 0.25) is 5.91 Å². The minimum absolute atomic E-state index is 0.106. The molecule has 340 valence electrons. The van der Waals surface area contributed by atoms with E-state index in [1.165, 1.54) is 16.3 Å². The van der Waals surface area contributed by atoms with Gasteiger partial charge in [-0.25, -0.2) is 14.8 Å². The van der Waals surface area contributed by atoms with E-state index in [-0.39, 0.29) is 43.0 Å². The molecule has 6 heterocycles. The third kappa shape index (κ3) is 8.80. The predicted molar refractivity (Wildman–Crippen MR) is 241 cm³/mol. The first-order valence-corrected chi connectivity index (χ1v) is 23.6. The summed E-state index contributed by atoms with van der Waals surface area (Å²) < 4.78 is 37.7. The molecule has 2 amide bonds. The molecule has 4 aliphatic rings. The quantitative estimate of drug-likeness (QED) is 0.162. The molecule has 6 bridgehead atoms. The zero-order valence-corrected chi connectivity index (χ0v) is 39.1. The number of methoxy groups -OCH3 is 1. The van der Waals surface area contributed by atoms with Crippen LogP contribution in [0.25, 0.3) is 33.4 Å². The lowest BCUT2D eigenvalue weighted by molar-refractivity contribution is -0.156. The SMILES string of the molecule is CCO[C@@H]1c2nc(cs2)-c2ccc3c(c2)c(c(-c2cc(C4(F)CCN(C)CC4)cnc2[C@H](C)OC)n3CC)CC(C)(C)COC(=O)[C@@H]2CCCN(N2)C(=O)[C@H]1NC(=O)[C@H]1[C@H](C)[C@@H]1C. The van der Waals surface area contributed by atoms with Crippen molar-refractivity contribution in [1.82, 2.24) is 35.2 Å². The van der Waals surface area contributed by atoms with Gasteiger partial charge in [-0.1, -0.05) is 33.8 Å². The fourth-order valence-electron chi connectivity index (χ4n) is 9.88. The van der Waals surface area contributed by atoms with Crippen LogP contribution in [0, 0.1) is 23.2 Å². The van der Waals surface area contributed by atoms with Crippen molar-refractivity contribution in [2.75, 3.05) is 47.0 Å². The molecule has 2 N–H and O–H groups in total. The highest BCUT2D eigenvalue weighted by atomic mass is 32.1. The lowest BCUT2D eigenvalue weighted by Gasteiger charge is -2.37. The number of likely N-dealkylation sites (tertiary alicyclic amines) is 1. The number of hydrazine groups is 1. The lowest BCUT2D eigenvalue weighted by atomic mass is 9.83. The summed E-state index contributed by atoms with van der Waals surface area (Å²) in [5.41, 5.74) is 7.70. The number of rotatable bonds is 9. The molecular formula is C48H64FN7O6S. The maximum absolute atomic E-state index is 17.0. The smallest absolute Gasteiger partial charge is 0.324 e. The van der Waals surface area contributed by atoms with Crippen molar-refractivity contribution in [3.05, 3.63) is 57.7 Å². The summed E-state index contributed by atoms with van der Waals surface area (Å²) in [6.07, 6.45) is 2.73. The first kappa shape index (κ1) is 45.3. The molecule has 2 saturated heterocycles. The normalized spacial score (nSPS) is 26.9. The number of benzene rings is 1. The summed E-state index contributed by atoms with van der Waals surface area (Å²) in [4.78, 5) is 54.6. The highest BCUT2D eigenvalue weighted by Crippen LogP contribution is 2.47. The number of piperidine rings is 1. The number of ether oxygens (including phenoxy) is 3. The number of thiazole rings is 1. The average molecular weight is 886 g/mol. The summed E-state index contributed by atoms with van der Waals surface area (Å²) in [5, 5.41) is 8.05. The molecule has 4 aromatic rings. The molecule has 0 unspecified atom stereocenters. The number of aryl methyl sites for hydroxylation is 1. The molecule has 1 saturated carbocycles. The van der Waals surface area contributed by atoms with Crippen molar-refractivity contribution < 1.29 is 33.0 Å². The van der Waals surface area contributed by atoms with Crippen LogP contribution in [0.15, 0.2) is 35.8 Å². The number of cyclic esters (lactones) is 1. The van der Waals surface area contributed by atoms with Crippen LogP contribution in [0.4, 0.5) is 4.39 Å². The Labute approximate surface area is 374 Å². The van der Waals surface area contributed by atoms with Crippen molar-refractivity contribution in [2.45, 2.75) is 117 Å². The maximum atomic E-state index is 17.0. The van der Waals surface area contributed by atoms with Crippen LogP contribution in [0.3, 0.4) is 0 Å². The van der Waals surface area contributed by atoms with Crippen LogP contribution >= 0.6 is 11.3 Å². The van der Waals surface area contributed by atoms with Crippen LogP contribution < -0.4 is 10.7 Å². The van der Waals surface area contributed by atoms with Crippen molar-refractivity contribution in [1.29, 1.82) is 0 Å². The van der Waals surface area contributed by atoms with Crippen LogP contribution in [0.1, 0.15) is 108 Å². The van der Waals surface area contributed by atoms with E-state index in [1.54, 1.807) is 13.3 Å². The topological polar surface area (TPSA) is 140 Å². The Kier molecular flexibility index (Phi) is 12.9. The van der Waals surface area contributed by atoms with Gasteiger partial charge in [0.1, 0.15) is 28.9 Å². The number of fused-ring (bicyclic) bond motifs is 6. The Morgan fingerprint density at radius 2 is 1.87 bits per heavy atom. The molecule has 3 fully saturated rings. The van der Waals surface area contributed by atoms with Crippen molar-refractivity contribution in [2.24, 2.45) is 23.2 Å². The third-order valence-corrected chi connectivity index (χ3v) is 15.0. The van der Waals surface area contributed by atoms with Crippen molar-refractivity contribution in [3.63, 3.8) is 0 Å². The van der Waals surface area contributed by atoms with Crippen LogP contribution in [-0.4, -0.2) is 101 Å². The summed E-state index contributed by atoms with van der Waals surface area (Å²) in [5.74, 6) is -0.852. The predicted octanol–water partition coefficient (Wildman–Crippen LogP) is 7.53. The summed E-state index contributed by atoms with van der Waals surface area (Å²) >= 11 is 1.39. The zero-order valence-electron chi connectivity index (χ0n) is 38.3. The average Bonchev–Trinajstić information content (AvgIpc) is 3.55. The second kappa shape index (κ2) is 17.9. The number of nitrogens with one attached hydrogen (secondary N) is 2. The number of carbonyl (C=O) groups excluding carboxylic acids is 3. The number of alkyl halides is 1. The molecule has 1 aromatic carbocycles. The van der Waals surface area contributed by atoms with Gasteiger partial charge in [0, 0.05) is 90.4 Å². The Balaban J connectivity index is 1.30.